The molecule has 26 heavy (non-hydrogen) atoms. The standard InChI is InChI=1S/C21H20FNO3/c1-13(2)19(24)17-18(15-9-6-10-16(22)11-15)23(21(26)20(17)25)12-14-7-4-3-5-8-14/h3-11,13,18,25H,12H2,1-2H3/t18-/m1/s1. The zero-order valence-electron chi connectivity index (χ0n) is 14.6. The summed E-state index contributed by atoms with van der Waals surface area (Å²) in [6.45, 7) is 3.62. The van der Waals surface area contributed by atoms with Crippen LogP contribution in [0.15, 0.2) is 65.9 Å². The van der Waals surface area contributed by atoms with Crippen LogP contribution in [0.2, 0.25) is 0 Å². The molecule has 5 heteroatoms. The third-order valence-electron chi connectivity index (χ3n) is 4.45. The van der Waals surface area contributed by atoms with Crippen molar-refractivity contribution >= 4 is 11.7 Å². The number of hydrogen-bond donors (Lipinski definition) is 1. The lowest BCUT2D eigenvalue weighted by atomic mass is 9.91. The molecule has 134 valence electrons. The highest BCUT2D eigenvalue weighted by Gasteiger charge is 2.43. The molecule has 0 saturated carbocycles. The second-order valence-corrected chi connectivity index (χ2v) is 6.66. The van der Waals surface area contributed by atoms with Gasteiger partial charge < -0.3 is 10.0 Å². The molecule has 0 radical (unpaired) electrons. The second kappa shape index (κ2) is 7.12. The number of Topliss-reactive ketones (excluding diaryl/α,β-unsaturated/α-hetero) is 1. The van der Waals surface area contributed by atoms with Gasteiger partial charge in [0.2, 0.25) is 0 Å². The number of carbonyl (C=O) groups excluding carboxylic acids is 2. The van der Waals surface area contributed by atoms with Crippen LogP contribution in [0, 0.1) is 11.7 Å². The normalized spacial score (nSPS) is 17.3. The van der Waals surface area contributed by atoms with E-state index in [1.54, 1.807) is 19.9 Å². The van der Waals surface area contributed by atoms with Crippen molar-refractivity contribution in [2.24, 2.45) is 5.92 Å². The first kappa shape index (κ1) is 17.9. The lowest BCUT2D eigenvalue weighted by Crippen LogP contribution is -2.31. The maximum Gasteiger partial charge on any atom is 0.290 e. The van der Waals surface area contributed by atoms with E-state index in [4.69, 9.17) is 0 Å². The van der Waals surface area contributed by atoms with Crippen molar-refractivity contribution in [1.82, 2.24) is 4.90 Å². The molecule has 3 rings (SSSR count). The summed E-state index contributed by atoms with van der Waals surface area (Å²) in [7, 11) is 0. The third-order valence-corrected chi connectivity index (χ3v) is 4.45. The summed E-state index contributed by atoms with van der Waals surface area (Å²) in [5.41, 5.74) is 1.35. The first-order valence-corrected chi connectivity index (χ1v) is 8.48. The van der Waals surface area contributed by atoms with Crippen LogP contribution in [-0.2, 0) is 16.1 Å². The number of amides is 1. The number of ketones is 1. The van der Waals surface area contributed by atoms with E-state index in [0.29, 0.717) is 5.56 Å². The fraction of sp³-hybridized carbons (Fsp3) is 0.238. The molecule has 4 nitrogen and oxygen atoms in total. The molecule has 2 aromatic rings. The number of aliphatic hydroxyl groups excluding tert-OH is 1. The minimum Gasteiger partial charge on any atom is -0.503 e. The molecule has 2 aromatic carbocycles. The van der Waals surface area contributed by atoms with Crippen LogP contribution >= 0.6 is 0 Å². The van der Waals surface area contributed by atoms with E-state index in [9.17, 15) is 19.1 Å². The van der Waals surface area contributed by atoms with Crippen molar-refractivity contribution in [3.05, 3.63) is 82.9 Å². The van der Waals surface area contributed by atoms with E-state index >= 15 is 0 Å². The van der Waals surface area contributed by atoms with Crippen LogP contribution in [0.3, 0.4) is 0 Å². The molecule has 0 aliphatic carbocycles. The Hall–Kier alpha value is -2.95. The Kier molecular flexibility index (Phi) is 4.89. The first-order valence-electron chi connectivity index (χ1n) is 8.48. The van der Waals surface area contributed by atoms with Gasteiger partial charge in [-0.25, -0.2) is 4.39 Å². The fourth-order valence-electron chi connectivity index (χ4n) is 3.18. The summed E-state index contributed by atoms with van der Waals surface area (Å²) >= 11 is 0. The van der Waals surface area contributed by atoms with Crippen LogP contribution in [0.4, 0.5) is 4.39 Å². The maximum atomic E-state index is 13.8. The van der Waals surface area contributed by atoms with Gasteiger partial charge in [0, 0.05) is 12.5 Å². The highest BCUT2D eigenvalue weighted by molar-refractivity contribution is 6.09. The predicted molar refractivity (Wildman–Crippen MR) is 95.6 cm³/mol. The zero-order chi connectivity index (χ0) is 18.8. The topological polar surface area (TPSA) is 57.6 Å². The lowest BCUT2D eigenvalue weighted by Gasteiger charge is -2.27. The molecule has 0 bridgehead atoms. The Labute approximate surface area is 151 Å². The van der Waals surface area contributed by atoms with Gasteiger partial charge in [-0.2, -0.15) is 0 Å². The fourth-order valence-corrected chi connectivity index (χ4v) is 3.18. The third kappa shape index (κ3) is 3.25. The van der Waals surface area contributed by atoms with E-state index in [0.717, 1.165) is 5.56 Å². The Morgan fingerprint density at radius 1 is 1.15 bits per heavy atom. The average molecular weight is 353 g/mol. The molecular weight excluding hydrogens is 333 g/mol. The zero-order valence-corrected chi connectivity index (χ0v) is 14.6. The van der Waals surface area contributed by atoms with Crippen LogP contribution < -0.4 is 0 Å². The molecule has 0 unspecified atom stereocenters. The number of nitrogens with zero attached hydrogens (tertiary/aromatic N) is 1. The Morgan fingerprint density at radius 2 is 1.85 bits per heavy atom. The number of halogens is 1. The van der Waals surface area contributed by atoms with Crippen LogP contribution in [0.1, 0.15) is 31.0 Å². The van der Waals surface area contributed by atoms with E-state index < -0.39 is 29.4 Å². The SMILES string of the molecule is CC(C)C(=O)C1=C(O)C(=O)N(Cc2ccccc2)[C@@H]1c1cccc(F)c1. The van der Waals surface area contributed by atoms with Gasteiger partial charge in [0.1, 0.15) is 5.82 Å². The summed E-state index contributed by atoms with van der Waals surface area (Å²) in [5, 5.41) is 10.4. The minimum absolute atomic E-state index is 0.0338. The largest absolute Gasteiger partial charge is 0.503 e. The first-order chi connectivity index (χ1) is 12.4. The monoisotopic (exact) mass is 353 g/mol. The molecule has 1 N–H and O–H groups in total. The van der Waals surface area contributed by atoms with Gasteiger partial charge in [-0.05, 0) is 23.3 Å². The Balaban J connectivity index is 2.09. The number of carbonyl (C=O) groups is 2. The van der Waals surface area contributed by atoms with Gasteiger partial charge in [-0.1, -0.05) is 56.3 Å². The summed E-state index contributed by atoms with van der Waals surface area (Å²) in [4.78, 5) is 26.8. The van der Waals surface area contributed by atoms with Crippen molar-refractivity contribution in [3.63, 3.8) is 0 Å². The molecule has 0 aromatic heterocycles. The second-order valence-electron chi connectivity index (χ2n) is 6.66. The van der Waals surface area contributed by atoms with Gasteiger partial charge in [-0.3, -0.25) is 9.59 Å². The van der Waals surface area contributed by atoms with Crippen molar-refractivity contribution < 1.29 is 19.1 Å². The molecule has 1 atom stereocenters. The van der Waals surface area contributed by atoms with Gasteiger partial charge in [0.25, 0.3) is 5.91 Å². The molecule has 0 saturated heterocycles. The minimum atomic E-state index is -0.812. The molecule has 0 fully saturated rings. The Bertz CT molecular complexity index is 874. The van der Waals surface area contributed by atoms with Gasteiger partial charge in [0.05, 0.1) is 11.6 Å². The smallest absolute Gasteiger partial charge is 0.290 e. The number of rotatable bonds is 5. The van der Waals surface area contributed by atoms with Gasteiger partial charge in [-0.15, -0.1) is 0 Å². The van der Waals surface area contributed by atoms with Gasteiger partial charge >= 0.3 is 0 Å². The maximum absolute atomic E-state index is 13.8. The average Bonchev–Trinajstić information content (AvgIpc) is 2.87. The summed E-state index contributed by atoms with van der Waals surface area (Å²) in [5.74, 6) is -2.34. The van der Waals surface area contributed by atoms with Crippen molar-refractivity contribution in [2.45, 2.75) is 26.4 Å². The van der Waals surface area contributed by atoms with Crippen LogP contribution in [0.5, 0.6) is 0 Å². The predicted octanol–water partition coefficient (Wildman–Crippen LogP) is 3.95. The molecule has 0 spiro atoms. The lowest BCUT2D eigenvalue weighted by molar-refractivity contribution is -0.130. The molecular formula is C21H20FNO3. The van der Waals surface area contributed by atoms with Crippen LogP contribution in [-0.4, -0.2) is 21.7 Å². The molecule has 1 amide bonds. The molecule has 1 aliphatic rings. The van der Waals surface area contributed by atoms with E-state index in [1.807, 2.05) is 30.3 Å². The van der Waals surface area contributed by atoms with Crippen LogP contribution in [0.25, 0.3) is 0 Å². The van der Waals surface area contributed by atoms with Crippen molar-refractivity contribution in [1.29, 1.82) is 0 Å². The van der Waals surface area contributed by atoms with E-state index in [2.05, 4.69) is 0 Å². The highest BCUT2D eigenvalue weighted by atomic mass is 19.1. The quantitative estimate of drug-likeness (QED) is 0.886. The highest BCUT2D eigenvalue weighted by Crippen LogP contribution is 2.39. The summed E-state index contributed by atoms with van der Waals surface area (Å²) in [6.07, 6.45) is 0. The van der Waals surface area contributed by atoms with E-state index in [1.165, 1.54) is 23.1 Å². The Morgan fingerprint density at radius 3 is 2.46 bits per heavy atom. The summed E-state index contributed by atoms with van der Waals surface area (Å²) < 4.78 is 13.8. The molecule has 1 aliphatic heterocycles. The van der Waals surface area contributed by atoms with Crippen molar-refractivity contribution in [2.75, 3.05) is 0 Å². The number of benzene rings is 2. The number of aliphatic hydroxyl groups is 1. The van der Waals surface area contributed by atoms with Crippen molar-refractivity contribution in [3.8, 4) is 0 Å². The summed E-state index contributed by atoms with van der Waals surface area (Å²) in [6, 6.07) is 14.2. The molecule has 1 heterocycles. The van der Waals surface area contributed by atoms with Gasteiger partial charge in [0.15, 0.2) is 11.5 Å². The number of hydrogen-bond acceptors (Lipinski definition) is 3. The van der Waals surface area contributed by atoms with E-state index in [-0.39, 0.29) is 17.9 Å².